The maximum Gasteiger partial charge on any atom is 0.188 e. The number of nitrogens with two attached hydrogens (primary N) is 1. The second-order valence-electron chi connectivity index (χ2n) is 6.02. The average molecular weight is 288 g/mol. The number of nitrogens with zero attached hydrogens (tertiary/aromatic N) is 2. The van der Waals surface area contributed by atoms with Gasteiger partial charge in [0.05, 0.1) is 0 Å². The Morgan fingerprint density at radius 3 is 2.71 bits per heavy atom. The number of rotatable bonds is 6. The predicted octanol–water partition coefficient (Wildman–Crippen LogP) is 2.74. The molecule has 1 heterocycles. The van der Waals surface area contributed by atoms with Gasteiger partial charge in [0, 0.05) is 31.4 Å². The number of guanidine groups is 1. The zero-order valence-corrected chi connectivity index (χ0v) is 13.1. The van der Waals surface area contributed by atoms with E-state index in [0.29, 0.717) is 5.96 Å². The molecule has 2 rings (SSSR count). The van der Waals surface area contributed by atoms with Crippen LogP contribution in [0.5, 0.6) is 0 Å². The van der Waals surface area contributed by atoms with Crippen molar-refractivity contribution < 1.29 is 0 Å². The SMILES string of the molecule is CCC1CCC(CN=C(N)NCCc2ccccn2)CC1. The molecule has 0 saturated heterocycles. The molecule has 116 valence electrons. The minimum Gasteiger partial charge on any atom is -0.370 e. The third-order valence-electron chi connectivity index (χ3n) is 4.48. The zero-order chi connectivity index (χ0) is 14.9. The van der Waals surface area contributed by atoms with E-state index in [1.807, 2.05) is 24.4 Å². The first kappa shape index (κ1) is 15.8. The standard InChI is InChI=1S/C17H28N4/c1-2-14-6-8-15(9-7-14)13-21-17(18)20-12-10-16-5-3-4-11-19-16/h3-5,11,14-15H,2,6-10,12-13H2,1H3,(H3,18,20,21). The van der Waals surface area contributed by atoms with Crippen LogP contribution in [0.1, 0.15) is 44.7 Å². The first-order valence-corrected chi connectivity index (χ1v) is 8.21. The van der Waals surface area contributed by atoms with Gasteiger partial charge in [-0.2, -0.15) is 0 Å². The average Bonchev–Trinajstić information content (AvgIpc) is 2.54. The first-order chi connectivity index (χ1) is 10.3. The van der Waals surface area contributed by atoms with Crippen LogP contribution in [-0.4, -0.2) is 24.0 Å². The molecule has 0 radical (unpaired) electrons. The number of aromatic nitrogens is 1. The van der Waals surface area contributed by atoms with Gasteiger partial charge in [-0.3, -0.25) is 9.98 Å². The second-order valence-corrected chi connectivity index (χ2v) is 6.02. The van der Waals surface area contributed by atoms with Crippen molar-refractivity contribution in [3.8, 4) is 0 Å². The smallest absolute Gasteiger partial charge is 0.188 e. The molecule has 0 spiro atoms. The van der Waals surface area contributed by atoms with Crippen LogP contribution in [0.25, 0.3) is 0 Å². The molecule has 0 aromatic carbocycles. The Morgan fingerprint density at radius 1 is 1.29 bits per heavy atom. The van der Waals surface area contributed by atoms with Crippen molar-refractivity contribution in [3.63, 3.8) is 0 Å². The Morgan fingerprint density at radius 2 is 2.05 bits per heavy atom. The van der Waals surface area contributed by atoms with E-state index in [9.17, 15) is 0 Å². The highest BCUT2D eigenvalue weighted by molar-refractivity contribution is 5.77. The Kier molecular flexibility index (Phi) is 6.51. The van der Waals surface area contributed by atoms with E-state index in [1.54, 1.807) is 0 Å². The van der Waals surface area contributed by atoms with E-state index in [2.05, 4.69) is 22.2 Å². The molecule has 1 aromatic heterocycles. The molecule has 0 aliphatic heterocycles. The van der Waals surface area contributed by atoms with Crippen molar-refractivity contribution in [2.24, 2.45) is 22.6 Å². The molecule has 1 aliphatic carbocycles. The molecule has 0 amide bonds. The van der Waals surface area contributed by atoms with Gasteiger partial charge in [-0.15, -0.1) is 0 Å². The lowest BCUT2D eigenvalue weighted by atomic mass is 9.81. The summed E-state index contributed by atoms with van der Waals surface area (Å²) in [5, 5.41) is 3.18. The van der Waals surface area contributed by atoms with Gasteiger partial charge in [-0.1, -0.05) is 32.3 Å². The molecular formula is C17H28N4. The summed E-state index contributed by atoms with van der Waals surface area (Å²) in [6.45, 7) is 3.96. The Hall–Kier alpha value is -1.58. The Bertz CT molecular complexity index is 422. The minimum atomic E-state index is 0.573. The van der Waals surface area contributed by atoms with Gasteiger partial charge in [-0.05, 0) is 36.8 Å². The molecule has 0 atom stereocenters. The Labute approximate surface area is 128 Å². The molecule has 1 aromatic rings. The number of hydrogen-bond donors (Lipinski definition) is 2. The summed E-state index contributed by atoms with van der Waals surface area (Å²) >= 11 is 0. The van der Waals surface area contributed by atoms with E-state index >= 15 is 0 Å². The first-order valence-electron chi connectivity index (χ1n) is 8.21. The minimum absolute atomic E-state index is 0.573. The number of pyridine rings is 1. The van der Waals surface area contributed by atoms with Crippen LogP contribution in [0.15, 0.2) is 29.4 Å². The molecular weight excluding hydrogens is 260 g/mol. The topological polar surface area (TPSA) is 63.3 Å². The summed E-state index contributed by atoms with van der Waals surface area (Å²) < 4.78 is 0. The lowest BCUT2D eigenvalue weighted by molar-refractivity contribution is 0.274. The zero-order valence-electron chi connectivity index (χ0n) is 13.1. The summed E-state index contributed by atoms with van der Waals surface area (Å²) in [4.78, 5) is 8.78. The van der Waals surface area contributed by atoms with Crippen LogP contribution in [-0.2, 0) is 6.42 Å². The maximum atomic E-state index is 5.93. The van der Waals surface area contributed by atoms with Crippen molar-refractivity contribution >= 4 is 5.96 Å². The summed E-state index contributed by atoms with van der Waals surface area (Å²) in [5.74, 6) is 2.24. The fourth-order valence-corrected chi connectivity index (χ4v) is 2.97. The van der Waals surface area contributed by atoms with Crippen LogP contribution < -0.4 is 11.1 Å². The number of hydrogen-bond acceptors (Lipinski definition) is 2. The summed E-state index contributed by atoms with van der Waals surface area (Å²) in [7, 11) is 0. The molecule has 1 fully saturated rings. The summed E-state index contributed by atoms with van der Waals surface area (Å²) in [6.07, 6.45) is 9.37. The second kappa shape index (κ2) is 8.65. The van der Waals surface area contributed by atoms with Crippen molar-refractivity contribution in [1.29, 1.82) is 0 Å². The van der Waals surface area contributed by atoms with Crippen molar-refractivity contribution in [2.75, 3.05) is 13.1 Å². The largest absolute Gasteiger partial charge is 0.370 e. The summed E-state index contributed by atoms with van der Waals surface area (Å²) in [5.41, 5.74) is 7.01. The molecule has 1 saturated carbocycles. The van der Waals surface area contributed by atoms with E-state index in [0.717, 1.165) is 37.0 Å². The lowest BCUT2D eigenvalue weighted by Crippen LogP contribution is -2.34. The van der Waals surface area contributed by atoms with Crippen molar-refractivity contribution in [3.05, 3.63) is 30.1 Å². The molecule has 0 unspecified atom stereocenters. The Balaban J connectivity index is 1.63. The van der Waals surface area contributed by atoms with E-state index in [-0.39, 0.29) is 0 Å². The third kappa shape index (κ3) is 5.74. The quantitative estimate of drug-likeness (QED) is 0.625. The molecule has 4 heteroatoms. The van der Waals surface area contributed by atoms with Gasteiger partial charge in [-0.25, -0.2) is 0 Å². The van der Waals surface area contributed by atoms with Crippen molar-refractivity contribution in [2.45, 2.75) is 45.4 Å². The maximum absolute atomic E-state index is 5.93. The monoisotopic (exact) mass is 288 g/mol. The van der Waals surface area contributed by atoms with Gasteiger partial charge in [0.15, 0.2) is 5.96 Å². The predicted molar refractivity (Wildman–Crippen MR) is 88.2 cm³/mol. The van der Waals surface area contributed by atoms with E-state index in [4.69, 9.17) is 5.73 Å². The normalized spacial score (nSPS) is 23.0. The highest BCUT2D eigenvalue weighted by atomic mass is 15.1. The number of nitrogens with one attached hydrogen (secondary N) is 1. The van der Waals surface area contributed by atoms with Gasteiger partial charge >= 0.3 is 0 Å². The molecule has 4 nitrogen and oxygen atoms in total. The summed E-state index contributed by atoms with van der Waals surface area (Å²) in [6, 6.07) is 5.97. The third-order valence-corrected chi connectivity index (χ3v) is 4.48. The highest BCUT2D eigenvalue weighted by Gasteiger charge is 2.19. The van der Waals surface area contributed by atoms with Gasteiger partial charge in [0.1, 0.15) is 0 Å². The van der Waals surface area contributed by atoms with Crippen LogP contribution in [0.3, 0.4) is 0 Å². The number of aliphatic imine (C=N–C) groups is 1. The van der Waals surface area contributed by atoms with Crippen LogP contribution in [0.4, 0.5) is 0 Å². The van der Waals surface area contributed by atoms with Crippen LogP contribution in [0, 0.1) is 11.8 Å². The highest BCUT2D eigenvalue weighted by Crippen LogP contribution is 2.30. The van der Waals surface area contributed by atoms with Gasteiger partial charge in [0.2, 0.25) is 0 Å². The molecule has 3 N–H and O–H groups in total. The molecule has 21 heavy (non-hydrogen) atoms. The fourth-order valence-electron chi connectivity index (χ4n) is 2.97. The van der Waals surface area contributed by atoms with Crippen molar-refractivity contribution in [1.82, 2.24) is 10.3 Å². The molecule has 0 bridgehead atoms. The van der Waals surface area contributed by atoms with Crippen LogP contribution >= 0.6 is 0 Å². The van der Waals surface area contributed by atoms with Gasteiger partial charge < -0.3 is 11.1 Å². The fraction of sp³-hybridized carbons (Fsp3) is 0.647. The van der Waals surface area contributed by atoms with E-state index in [1.165, 1.54) is 32.1 Å². The van der Waals surface area contributed by atoms with E-state index < -0.39 is 0 Å². The molecule has 1 aliphatic rings. The lowest BCUT2D eigenvalue weighted by Gasteiger charge is -2.26. The van der Waals surface area contributed by atoms with Crippen LogP contribution in [0.2, 0.25) is 0 Å². The van der Waals surface area contributed by atoms with Gasteiger partial charge in [0.25, 0.3) is 0 Å².